The lowest BCUT2D eigenvalue weighted by Crippen LogP contribution is -2.66. The summed E-state index contributed by atoms with van der Waals surface area (Å²) in [5, 5.41) is 20.4. The molecule has 8 heteroatoms. The Bertz CT molecular complexity index is 1290. The van der Waals surface area contributed by atoms with Gasteiger partial charge < -0.3 is 15.4 Å². The molecule has 1 atom stereocenters. The van der Waals surface area contributed by atoms with Crippen molar-refractivity contribution < 1.29 is 9.53 Å². The molecule has 0 bridgehead atoms. The molecule has 3 N–H and O–H groups in total. The zero-order valence-electron chi connectivity index (χ0n) is 20.1. The molecular formula is C27H30N6O2. The standard InChI is InChI=1S/C27H30N6O2/c1-17-25(18(2)33(31-17)20-7-4-3-5-8-20)29-23-10-6-9-22-21(23)15-27(22)16-24(34)32(26(28)30-27)19-11-13-35-14-12-19/h3-10,19,29H,11-16H2,1-2H3,(H2,28,30)/t27-/m0/s1. The Morgan fingerprint density at radius 3 is 2.60 bits per heavy atom. The summed E-state index contributed by atoms with van der Waals surface area (Å²) < 4.78 is 7.40. The second-order valence-electron chi connectivity index (χ2n) is 9.77. The molecule has 1 amide bonds. The number of ether oxygens (including phenoxy) is 1. The molecule has 1 spiro atoms. The lowest BCUT2D eigenvalue weighted by atomic mass is 9.67. The van der Waals surface area contributed by atoms with Crippen molar-refractivity contribution in [2.75, 3.05) is 18.5 Å². The summed E-state index contributed by atoms with van der Waals surface area (Å²) in [6.45, 7) is 5.37. The topological polar surface area (TPSA) is 95.3 Å². The highest BCUT2D eigenvalue weighted by Crippen LogP contribution is 2.48. The number of aromatic nitrogens is 2. The number of anilines is 2. The number of hydrogen-bond donors (Lipinski definition) is 3. The second kappa shape index (κ2) is 8.23. The van der Waals surface area contributed by atoms with Crippen LogP contribution in [0.4, 0.5) is 11.4 Å². The molecule has 0 unspecified atom stereocenters. The van der Waals surface area contributed by atoms with Crippen LogP contribution in [0.25, 0.3) is 5.69 Å². The molecule has 2 aliphatic heterocycles. The highest BCUT2D eigenvalue weighted by molar-refractivity contribution is 6.00. The van der Waals surface area contributed by atoms with Crippen LogP contribution in [0.2, 0.25) is 0 Å². The molecule has 1 aliphatic carbocycles. The first-order chi connectivity index (χ1) is 17.0. The molecule has 2 aromatic carbocycles. The van der Waals surface area contributed by atoms with Crippen LogP contribution >= 0.6 is 0 Å². The average Bonchev–Trinajstić information content (AvgIpc) is 3.13. The maximum atomic E-state index is 13.2. The van der Waals surface area contributed by atoms with E-state index in [9.17, 15) is 4.79 Å². The SMILES string of the molecule is Cc1nn(-c2ccccc2)c(C)c1Nc1cccc2c1C[C@]21CC(=O)N(C2CCOCC2)C(=N)N1. The average molecular weight is 471 g/mol. The molecule has 6 rings (SSSR count). The predicted octanol–water partition coefficient (Wildman–Crippen LogP) is 3.92. The number of benzene rings is 2. The molecule has 0 saturated carbocycles. The first-order valence-corrected chi connectivity index (χ1v) is 12.2. The van der Waals surface area contributed by atoms with Crippen LogP contribution in [0.3, 0.4) is 0 Å². The van der Waals surface area contributed by atoms with Crippen molar-refractivity contribution >= 4 is 23.2 Å². The number of hydrogen-bond acceptors (Lipinski definition) is 5. The summed E-state index contributed by atoms with van der Waals surface area (Å²) in [4.78, 5) is 14.9. The van der Waals surface area contributed by atoms with E-state index >= 15 is 0 Å². The molecule has 180 valence electrons. The van der Waals surface area contributed by atoms with Crippen molar-refractivity contribution in [3.8, 4) is 5.69 Å². The molecule has 3 aromatic rings. The second-order valence-corrected chi connectivity index (χ2v) is 9.77. The lowest BCUT2D eigenvalue weighted by Gasteiger charge is -2.51. The van der Waals surface area contributed by atoms with Gasteiger partial charge in [0.15, 0.2) is 5.96 Å². The first-order valence-electron chi connectivity index (χ1n) is 12.2. The fourth-order valence-electron chi connectivity index (χ4n) is 5.81. The Balaban J connectivity index is 1.26. The Kier molecular flexibility index (Phi) is 5.14. The third-order valence-corrected chi connectivity index (χ3v) is 7.60. The molecule has 2 fully saturated rings. The summed E-state index contributed by atoms with van der Waals surface area (Å²) in [5.41, 5.74) is 6.80. The number of amides is 1. The van der Waals surface area contributed by atoms with Gasteiger partial charge in [-0.3, -0.25) is 15.1 Å². The monoisotopic (exact) mass is 470 g/mol. The van der Waals surface area contributed by atoms with Gasteiger partial charge in [-0.15, -0.1) is 0 Å². The molecular weight excluding hydrogens is 440 g/mol. The van der Waals surface area contributed by atoms with Crippen LogP contribution in [0.1, 0.15) is 41.8 Å². The van der Waals surface area contributed by atoms with Gasteiger partial charge >= 0.3 is 0 Å². The van der Waals surface area contributed by atoms with E-state index in [2.05, 4.69) is 29.7 Å². The molecule has 0 radical (unpaired) electrons. The van der Waals surface area contributed by atoms with Crippen molar-refractivity contribution in [2.45, 2.75) is 51.1 Å². The van der Waals surface area contributed by atoms with Crippen LogP contribution in [-0.2, 0) is 21.5 Å². The molecule has 2 saturated heterocycles. The minimum Gasteiger partial charge on any atom is -0.381 e. The largest absolute Gasteiger partial charge is 0.381 e. The molecule has 35 heavy (non-hydrogen) atoms. The van der Waals surface area contributed by atoms with E-state index < -0.39 is 5.54 Å². The number of guanidine groups is 1. The fraction of sp³-hybridized carbons (Fsp3) is 0.370. The smallest absolute Gasteiger partial charge is 0.232 e. The van der Waals surface area contributed by atoms with Crippen LogP contribution < -0.4 is 10.6 Å². The van der Waals surface area contributed by atoms with Gasteiger partial charge in [0, 0.05) is 31.4 Å². The van der Waals surface area contributed by atoms with Crippen molar-refractivity contribution in [1.82, 2.24) is 20.0 Å². The van der Waals surface area contributed by atoms with Crippen LogP contribution in [-0.4, -0.2) is 45.8 Å². The Morgan fingerprint density at radius 2 is 1.86 bits per heavy atom. The number of para-hydroxylation sites is 1. The van der Waals surface area contributed by atoms with Crippen LogP contribution in [0.5, 0.6) is 0 Å². The Morgan fingerprint density at radius 1 is 1.09 bits per heavy atom. The quantitative estimate of drug-likeness (QED) is 0.537. The van der Waals surface area contributed by atoms with Gasteiger partial charge in [0.2, 0.25) is 5.91 Å². The third kappa shape index (κ3) is 3.51. The van der Waals surface area contributed by atoms with Crippen molar-refractivity contribution in [2.24, 2.45) is 0 Å². The number of nitrogens with zero attached hydrogens (tertiary/aromatic N) is 3. The van der Waals surface area contributed by atoms with Gasteiger partial charge in [0.25, 0.3) is 0 Å². The molecule has 3 aliphatic rings. The van der Waals surface area contributed by atoms with E-state index in [0.29, 0.717) is 26.1 Å². The number of aryl methyl sites for hydroxylation is 1. The van der Waals surface area contributed by atoms with E-state index in [1.807, 2.05) is 48.0 Å². The van der Waals surface area contributed by atoms with Crippen LogP contribution in [0.15, 0.2) is 48.5 Å². The van der Waals surface area contributed by atoms with Crippen molar-refractivity contribution in [3.63, 3.8) is 0 Å². The summed E-state index contributed by atoms with van der Waals surface area (Å²) in [5.74, 6) is 0.244. The first kappa shape index (κ1) is 21.9. The number of carbonyl (C=O) groups excluding carboxylic acids is 1. The number of rotatable bonds is 4. The van der Waals surface area contributed by atoms with Gasteiger partial charge in [-0.2, -0.15) is 5.10 Å². The summed E-state index contributed by atoms with van der Waals surface area (Å²) in [6.07, 6.45) is 2.63. The summed E-state index contributed by atoms with van der Waals surface area (Å²) >= 11 is 0. The minimum atomic E-state index is -0.499. The van der Waals surface area contributed by atoms with Gasteiger partial charge in [-0.05, 0) is 56.0 Å². The number of nitrogens with one attached hydrogen (secondary N) is 3. The van der Waals surface area contributed by atoms with Gasteiger partial charge in [-0.25, -0.2) is 4.68 Å². The fourth-order valence-corrected chi connectivity index (χ4v) is 5.81. The normalized spacial score (nSPS) is 22.1. The van der Waals surface area contributed by atoms with E-state index in [-0.39, 0.29) is 17.9 Å². The number of carbonyl (C=O) groups is 1. The van der Waals surface area contributed by atoms with Crippen molar-refractivity contribution in [3.05, 3.63) is 71.0 Å². The zero-order valence-corrected chi connectivity index (χ0v) is 20.1. The van der Waals surface area contributed by atoms with Gasteiger partial charge in [0.1, 0.15) is 0 Å². The third-order valence-electron chi connectivity index (χ3n) is 7.60. The predicted molar refractivity (Wildman–Crippen MR) is 134 cm³/mol. The van der Waals surface area contributed by atoms with E-state index in [1.54, 1.807) is 4.90 Å². The maximum absolute atomic E-state index is 13.2. The van der Waals surface area contributed by atoms with E-state index in [4.69, 9.17) is 15.2 Å². The molecule has 1 aromatic heterocycles. The van der Waals surface area contributed by atoms with E-state index in [1.165, 1.54) is 5.56 Å². The Labute approximate surface area is 204 Å². The summed E-state index contributed by atoms with van der Waals surface area (Å²) in [7, 11) is 0. The molecule has 3 heterocycles. The summed E-state index contributed by atoms with van der Waals surface area (Å²) in [6, 6.07) is 16.3. The minimum absolute atomic E-state index is 0.0282. The highest BCUT2D eigenvalue weighted by Gasteiger charge is 2.51. The van der Waals surface area contributed by atoms with E-state index in [0.717, 1.165) is 46.9 Å². The lowest BCUT2D eigenvalue weighted by molar-refractivity contribution is -0.134. The maximum Gasteiger partial charge on any atom is 0.232 e. The van der Waals surface area contributed by atoms with Gasteiger partial charge in [-0.1, -0.05) is 30.3 Å². The highest BCUT2D eigenvalue weighted by atomic mass is 16.5. The number of fused-ring (bicyclic) bond motifs is 2. The van der Waals surface area contributed by atoms with Gasteiger partial charge in [0.05, 0.1) is 34.7 Å². The van der Waals surface area contributed by atoms with Crippen molar-refractivity contribution in [1.29, 1.82) is 5.41 Å². The van der Waals surface area contributed by atoms with Crippen LogP contribution in [0, 0.1) is 19.3 Å². The Hall–Kier alpha value is -3.65. The molecule has 8 nitrogen and oxygen atoms in total. The zero-order chi connectivity index (χ0) is 24.2.